The van der Waals surface area contributed by atoms with E-state index in [1.807, 2.05) is 0 Å². The van der Waals surface area contributed by atoms with E-state index in [-0.39, 0.29) is 11.6 Å². The fourth-order valence-corrected chi connectivity index (χ4v) is 2.41. The predicted molar refractivity (Wildman–Crippen MR) is 67.5 cm³/mol. The van der Waals surface area contributed by atoms with Crippen molar-refractivity contribution in [2.24, 2.45) is 0 Å². The molecular weight excluding hydrogens is 266 g/mol. The highest BCUT2D eigenvalue weighted by Crippen LogP contribution is 2.40. The molecule has 20 heavy (non-hydrogen) atoms. The van der Waals surface area contributed by atoms with E-state index >= 15 is 0 Å². The number of aliphatic hydroxyl groups excluding tert-OH is 2. The third kappa shape index (κ3) is 1.77. The van der Waals surface area contributed by atoms with Gasteiger partial charge >= 0.3 is 0 Å². The van der Waals surface area contributed by atoms with E-state index in [0.29, 0.717) is 11.1 Å². The van der Waals surface area contributed by atoms with Crippen LogP contribution in [0.2, 0.25) is 0 Å². The van der Waals surface area contributed by atoms with E-state index < -0.39 is 30.5 Å². The molecule has 8 heteroatoms. The van der Waals surface area contributed by atoms with Gasteiger partial charge in [0, 0.05) is 6.07 Å². The SMILES string of the molecule is C[C@]1(O)C(c2nc(N)c3occc3n2)O[C@H](CO)[C@H]1O. The Labute approximate surface area is 113 Å². The van der Waals surface area contributed by atoms with Crippen LogP contribution in [0.15, 0.2) is 16.7 Å². The van der Waals surface area contributed by atoms with E-state index in [0.717, 1.165) is 0 Å². The normalized spacial score (nSPS) is 33.9. The molecule has 108 valence electrons. The average Bonchev–Trinajstić information content (AvgIpc) is 2.95. The Morgan fingerprint density at radius 3 is 2.85 bits per heavy atom. The summed E-state index contributed by atoms with van der Waals surface area (Å²) in [5, 5.41) is 29.5. The van der Waals surface area contributed by atoms with Crippen LogP contribution < -0.4 is 5.73 Å². The number of nitrogens with two attached hydrogens (primary N) is 1. The van der Waals surface area contributed by atoms with Gasteiger partial charge in [-0.15, -0.1) is 0 Å². The summed E-state index contributed by atoms with van der Waals surface area (Å²) in [6, 6.07) is 1.61. The molecule has 1 aliphatic rings. The minimum atomic E-state index is -1.63. The summed E-state index contributed by atoms with van der Waals surface area (Å²) in [4.78, 5) is 8.26. The molecule has 1 fully saturated rings. The van der Waals surface area contributed by atoms with E-state index in [1.54, 1.807) is 6.07 Å². The van der Waals surface area contributed by atoms with Gasteiger partial charge in [0.05, 0.1) is 12.9 Å². The lowest BCUT2D eigenvalue weighted by Gasteiger charge is -2.25. The van der Waals surface area contributed by atoms with Crippen LogP contribution in [0, 0.1) is 0 Å². The summed E-state index contributed by atoms with van der Waals surface area (Å²) in [5.74, 6) is 0.257. The quantitative estimate of drug-likeness (QED) is 0.570. The number of fused-ring (bicyclic) bond motifs is 1. The molecule has 1 unspecified atom stereocenters. The second-order valence-electron chi connectivity index (χ2n) is 5.01. The molecule has 3 heterocycles. The number of furan rings is 1. The van der Waals surface area contributed by atoms with Crippen molar-refractivity contribution in [1.29, 1.82) is 0 Å². The van der Waals surface area contributed by atoms with Gasteiger partial charge in [0.2, 0.25) is 0 Å². The molecule has 0 aliphatic carbocycles. The molecular formula is C12H15N3O5. The Hall–Kier alpha value is -1.74. The highest BCUT2D eigenvalue weighted by Gasteiger charge is 2.53. The molecule has 0 saturated carbocycles. The van der Waals surface area contributed by atoms with E-state index in [9.17, 15) is 10.2 Å². The van der Waals surface area contributed by atoms with Gasteiger partial charge in [-0.05, 0) is 6.92 Å². The largest absolute Gasteiger partial charge is 0.459 e. The monoisotopic (exact) mass is 281 g/mol. The van der Waals surface area contributed by atoms with Crippen molar-refractivity contribution in [2.45, 2.75) is 30.8 Å². The Morgan fingerprint density at radius 1 is 1.45 bits per heavy atom. The van der Waals surface area contributed by atoms with Crippen molar-refractivity contribution in [2.75, 3.05) is 12.3 Å². The first kappa shape index (κ1) is 13.3. The molecule has 2 aromatic heterocycles. The zero-order valence-corrected chi connectivity index (χ0v) is 10.7. The van der Waals surface area contributed by atoms with Gasteiger partial charge in [0.1, 0.15) is 29.4 Å². The molecule has 2 aromatic rings. The minimum absolute atomic E-state index is 0.122. The lowest BCUT2D eigenvalue weighted by Crippen LogP contribution is -2.43. The van der Waals surface area contributed by atoms with Crippen molar-refractivity contribution in [3.63, 3.8) is 0 Å². The fraction of sp³-hybridized carbons (Fsp3) is 0.500. The lowest BCUT2D eigenvalue weighted by atomic mass is 9.92. The number of nitrogen functional groups attached to an aromatic ring is 1. The van der Waals surface area contributed by atoms with Crippen molar-refractivity contribution in [1.82, 2.24) is 9.97 Å². The van der Waals surface area contributed by atoms with Gasteiger partial charge in [-0.3, -0.25) is 0 Å². The zero-order valence-electron chi connectivity index (χ0n) is 10.7. The van der Waals surface area contributed by atoms with Crippen LogP contribution in [0.25, 0.3) is 11.1 Å². The maximum absolute atomic E-state index is 10.4. The van der Waals surface area contributed by atoms with Crippen molar-refractivity contribution < 1.29 is 24.5 Å². The van der Waals surface area contributed by atoms with Crippen molar-refractivity contribution >= 4 is 16.9 Å². The number of hydrogen-bond donors (Lipinski definition) is 4. The van der Waals surface area contributed by atoms with Gasteiger partial charge in [-0.25, -0.2) is 9.97 Å². The summed E-state index contributed by atoms with van der Waals surface area (Å²) in [5.41, 5.74) is 4.97. The molecule has 8 nitrogen and oxygen atoms in total. The summed E-state index contributed by atoms with van der Waals surface area (Å²) in [7, 11) is 0. The molecule has 1 saturated heterocycles. The molecule has 5 N–H and O–H groups in total. The highest BCUT2D eigenvalue weighted by molar-refractivity contribution is 5.82. The molecule has 3 rings (SSSR count). The van der Waals surface area contributed by atoms with E-state index in [4.69, 9.17) is 20.0 Å². The number of aromatic nitrogens is 2. The number of hydrogen-bond acceptors (Lipinski definition) is 8. The molecule has 1 aliphatic heterocycles. The van der Waals surface area contributed by atoms with Gasteiger partial charge in [-0.1, -0.05) is 0 Å². The lowest BCUT2D eigenvalue weighted by molar-refractivity contribution is -0.0673. The topological polar surface area (TPSA) is 135 Å². The first-order valence-corrected chi connectivity index (χ1v) is 6.12. The molecule has 0 amide bonds. The average molecular weight is 281 g/mol. The number of nitrogens with zero attached hydrogens (tertiary/aromatic N) is 2. The Balaban J connectivity index is 2.06. The van der Waals surface area contributed by atoms with Crippen LogP contribution in [-0.4, -0.2) is 49.7 Å². The van der Waals surface area contributed by atoms with Crippen LogP contribution in [0.5, 0.6) is 0 Å². The number of rotatable bonds is 2. The second-order valence-corrected chi connectivity index (χ2v) is 5.01. The van der Waals surface area contributed by atoms with Crippen LogP contribution in [-0.2, 0) is 4.74 Å². The van der Waals surface area contributed by atoms with Crippen molar-refractivity contribution in [3.05, 3.63) is 18.2 Å². The van der Waals surface area contributed by atoms with Gasteiger partial charge in [0.15, 0.2) is 17.2 Å². The number of ether oxygens (including phenoxy) is 1. The summed E-state index contributed by atoms with van der Waals surface area (Å²) in [6.45, 7) is 0.981. The van der Waals surface area contributed by atoms with E-state index in [1.165, 1.54) is 13.2 Å². The Bertz CT molecular complexity index is 641. The van der Waals surface area contributed by atoms with Crippen LogP contribution in [0.1, 0.15) is 18.9 Å². The first-order chi connectivity index (χ1) is 9.45. The number of aliphatic hydroxyl groups is 3. The maximum atomic E-state index is 10.4. The third-order valence-corrected chi connectivity index (χ3v) is 3.55. The molecule has 4 atom stereocenters. The molecule has 0 radical (unpaired) electrons. The number of anilines is 1. The summed E-state index contributed by atoms with van der Waals surface area (Å²) < 4.78 is 10.6. The molecule has 0 aromatic carbocycles. The van der Waals surface area contributed by atoms with Gasteiger partial charge in [0.25, 0.3) is 0 Å². The first-order valence-electron chi connectivity index (χ1n) is 6.12. The fourth-order valence-electron chi connectivity index (χ4n) is 2.41. The predicted octanol–water partition coefficient (Wildman–Crippen LogP) is -0.651. The maximum Gasteiger partial charge on any atom is 0.194 e. The zero-order chi connectivity index (χ0) is 14.5. The summed E-state index contributed by atoms with van der Waals surface area (Å²) in [6.07, 6.45) is -1.71. The van der Waals surface area contributed by atoms with Crippen LogP contribution >= 0.6 is 0 Å². The smallest absolute Gasteiger partial charge is 0.194 e. The second kappa shape index (κ2) is 4.38. The standard InChI is InChI=1S/C12H15N3O5/c1-12(18)8(17)6(4-16)20-9(12)11-14-5-2-3-19-7(5)10(13)15-11/h2-3,6,8-9,16-18H,4H2,1H3,(H2,13,14,15)/t6-,8-,9?,12-/m1/s1. The Kier molecular flexibility index (Phi) is 2.91. The Morgan fingerprint density at radius 2 is 2.20 bits per heavy atom. The highest BCUT2D eigenvalue weighted by atomic mass is 16.6. The minimum Gasteiger partial charge on any atom is -0.459 e. The van der Waals surface area contributed by atoms with Crippen molar-refractivity contribution in [3.8, 4) is 0 Å². The van der Waals surface area contributed by atoms with Gasteiger partial charge in [-0.2, -0.15) is 0 Å². The van der Waals surface area contributed by atoms with Crippen LogP contribution in [0.4, 0.5) is 5.82 Å². The summed E-state index contributed by atoms with van der Waals surface area (Å²) >= 11 is 0. The van der Waals surface area contributed by atoms with E-state index in [2.05, 4.69) is 9.97 Å². The molecule has 0 spiro atoms. The molecule has 0 bridgehead atoms. The third-order valence-electron chi connectivity index (χ3n) is 3.55. The van der Waals surface area contributed by atoms with Gasteiger partial charge < -0.3 is 30.2 Å². The van der Waals surface area contributed by atoms with Crippen LogP contribution in [0.3, 0.4) is 0 Å².